The smallest absolute Gasteiger partial charge is 0.219 e. The molecule has 0 unspecified atom stereocenters. The number of amides is 1. The summed E-state index contributed by atoms with van der Waals surface area (Å²) in [4.78, 5) is 13.2. The van der Waals surface area contributed by atoms with Gasteiger partial charge in [-0.05, 0) is 50.6 Å². The lowest BCUT2D eigenvalue weighted by molar-refractivity contribution is -0.130. The Labute approximate surface area is 92.2 Å². The Bertz CT molecular complexity index is 216. The number of carbonyl (C=O) groups excluding carboxylic acids is 1. The van der Waals surface area contributed by atoms with E-state index in [-0.39, 0.29) is 5.91 Å². The van der Waals surface area contributed by atoms with Crippen molar-refractivity contribution >= 4 is 5.91 Å². The van der Waals surface area contributed by atoms with Crippen LogP contribution in [0.5, 0.6) is 0 Å². The highest BCUT2D eigenvalue weighted by atomic mass is 16.2. The maximum Gasteiger partial charge on any atom is 0.219 e. The number of likely N-dealkylation sites (tertiary alicyclic amines) is 1. The maximum absolute atomic E-state index is 11.2. The summed E-state index contributed by atoms with van der Waals surface area (Å²) in [6.07, 6.45) is 5.13. The van der Waals surface area contributed by atoms with Gasteiger partial charge in [-0.1, -0.05) is 0 Å². The van der Waals surface area contributed by atoms with Crippen LogP contribution in [0.3, 0.4) is 0 Å². The van der Waals surface area contributed by atoms with Crippen LogP contribution in [0.15, 0.2) is 0 Å². The first-order chi connectivity index (χ1) is 7.27. The fourth-order valence-electron chi connectivity index (χ4n) is 3.00. The van der Waals surface area contributed by atoms with E-state index >= 15 is 0 Å². The van der Waals surface area contributed by atoms with Gasteiger partial charge in [0, 0.05) is 20.0 Å². The molecule has 0 aromatic carbocycles. The second-order valence-corrected chi connectivity index (χ2v) is 4.93. The van der Waals surface area contributed by atoms with Crippen molar-refractivity contribution in [3.05, 3.63) is 0 Å². The quantitative estimate of drug-likeness (QED) is 0.706. The molecule has 0 spiro atoms. The summed E-state index contributed by atoms with van der Waals surface area (Å²) in [7, 11) is 0. The van der Waals surface area contributed by atoms with Crippen molar-refractivity contribution in [2.75, 3.05) is 26.2 Å². The third-order valence-electron chi connectivity index (χ3n) is 4.04. The minimum atomic E-state index is 0.249. The Hall–Kier alpha value is -0.570. The van der Waals surface area contributed by atoms with Gasteiger partial charge in [0.15, 0.2) is 0 Å². The number of carbonyl (C=O) groups is 1. The van der Waals surface area contributed by atoms with Gasteiger partial charge in [-0.2, -0.15) is 0 Å². The lowest BCUT2D eigenvalue weighted by Gasteiger charge is -2.37. The summed E-state index contributed by atoms with van der Waals surface area (Å²) in [5, 5.41) is 3.42. The minimum absolute atomic E-state index is 0.249. The van der Waals surface area contributed by atoms with E-state index in [4.69, 9.17) is 0 Å². The number of hydrogen-bond acceptors (Lipinski definition) is 2. The number of nitrogens with zero attached hydrogens (tertiary/aromatic N) is 1. The highest BCUT2D eigenvalue weighted by Gasteiger charge is 2.27. The van der Waals surface area contributed by atoms with Gasteiger partial charge in [0.05, 0.1) is 0 Å². The molecule has 0 bridgehead atoms. The molecule has 3 nitrogen and oxygen atoms in total. The van der Waals surface area contributed by atoms with E-state index in [1.54, 1.807) is 6.92 Å². The molecule has 2 aliphatic rings. The average molecular weight is 210 g/mol. The van der Waals surface area contributed by atoms with Gasteiger partial charge in [-0.15, -0.1) is 0 Å². The van der Waals surface area contributed by atoms with E-state index in [1.807, 2.05) is 4.90 Å². The van der Waals surface area contributed by atoms with Gasteiger partial charge in [0.25, 0.3) is 0 Å². The van der Waals surface area contributed by atoms with Crippen LogP contribution in [-0.4, -0.2) is 37.0 Å². The number of rotatable bonds is 1. The molecule has 2 fully saturated rings. The molecule has 15 heavy (non-hydrogen) atoms. The predicted octanol–water partition coefficient (Wildman–Crippen LogP) is 1.24. The fraction of sp³-hybridized carbons (Fsp3) is 0.917. The first kappa shape index (κ1) is 10.9. The number of piperidine rings is 2. The summed E-state index contributed by atoms with van der Waals surface area (Å²) in [5.74, 6) is 2.04. The highest BCUT2D eigenvalue weighted by Crippen LogP contribution is 2.30. The van der Waals surface area contributed by atoms with E-state index in [0.29, 0.717) is 0 Å². The van der Waals surface area contributed by atoms with Crippen LogP contribution in [0, 0.1) is 11.8 Å². The number of hydrogen-bond donors (Lipinski definition) is 1. The SMILES string of the molecule is CC(=O)N1CCC(C2CCNCC2)CC1. The summed E-state index contributed by atoms with van der Waals surface area (Å²) >= 11 is 0. The molecular formula is C12H22N2O. The van der Waals surface area contributed by atoms with Crippen molar-refractivity contribution < 1.29 is 4.79 Å². The highest BCUT2D eigenvalue weighted by molar-refractivity contribution is 5.73. The third-order valence-corrected chi connectivity index (χ3v) is 4.04. The Morgan fingerprint density at radius 1 is 1.07 bits per heavy atom. The van der Waals surface area contributed by atoms with Crippen molar-refractivity contribution in [3.63, 3.8) is 0 Å². The van der Waals surface area contributed by atoms with Gasteiger partial charge in [0.1, 0.15) is 0 Å². The zero-order chi connectivity index (χ0) is 10.7. The zero-order valence-electron chi connectivity index (χ0n) is 9.67. The third kappa shape index (κ3) is 2.71. The largest absolute Gasteiger partial charge is 0.343 e. The van der Waals surface area contributed by atoms with E-state index in [1.165, 1.54) is 38.8 Å². The summed E-state index contributed by atoms with van der Waals surface area (Å²) < 4.78 is 0. The molecule has 2 aliphatic heterocycles. The molecule has 3 heteroatoms. The van der Waals surface area contributed by atoms with Gasteiger partial charge < -0.3 is 10.2 Å². The van der Waals surface area contributed by atoms with Gasteiger partial charge >= 0.3 is 0 Å². The molecule has 0 saturated carbocycles. The van der Waals surface area contributed by atoms with Gasteiger partial charge in [-0.3, -0.25) is 4.79 Å². The molecule has 0 aromatic heterocycles. The van der Waals surface area contributed by atoms with Crippen LogP contribution in [0.4, 0.5) is 0 Å². The molecule has 2 saturated heterocycles. The summed E-state index contributed by atoms with van der Waals surface area (Å²) in [6, 6.07) is 0. The van der Waals surface area contributed by atoms with E-state index in [2.05, 4.69) is 5.32 Å². The fourth-order valence-corrected chi connectivity index (χ4v) is 3.00. The second kappa shape index (κ2) is 4.97. The van der Waals surface area contributed by atoms with Crippen LogP contribution in [0.1, 0.15) is 32.6 Å². The minimum Gasteiger partial charge on any atom is -0.343 e. The molecule has 0 atom stereocenters. The van der Waals surface area contributed by atoms with Crippen LogP contribution >= 0.6 is 0 Å². The van der Waals surface area contributed by atoms with Crippen molar-refractivity contribution in [2.24, 2.45) is 11.8 Å². The Morgan fingerprint density at radius 2 is 1.60 bits per heavy atom. The van der Waals surface area contributed by atoms with Gasteiger partial charge in [-0.25, -0.2) is 0 Å². The zero-order valence-corrected chi connectivity index (χ0v) is 9.67. The maximum atomic E-state index is 11.2. The van der Waals surface area contributed by atoms with Crippen LogP contribution in [-0.2, 0) is 4.79 Å². The van der Waals surface area contributed by atoms with Crippen LogP contribution in [0.2, 0.25) is 0 Å². The molecule has 0 radical (unpaired) electrons. The van der Waals surface area contributed by atoms with Crippen LogP contribution < -0.4 is 5.32 Å². The van der Waals surface area contributed by atoms with E-state index in [9.17, 15) is 4.79 Å². The summed E-state index contributed by atoms with van der Waals surface area (Å²) in [5.41, 5.74) is 0. The molecule has 1 amide bonds. The molecule has 0 aliphatic carbocycles. The van der Waals surface area contributed by atoms with Gasteiger partial charge in [0.2, 0.25) is 5.91 Å². The lowest BCUT2D eigenvalue weighted by atomic mass is 9.79. The Morgan fingerprint density at radius 3 is 2.13 bits per heavy atom. The summed E-state index contributed by atoms with van der Waals surface area (Å²) in [6.45, 7) is 6.05. The van der Waals surface area contributed by atoms with Crippen molar-refractivity contribution in [2.45, 2.75) is 32.6 Å². The first-order valence-electron chi connectivity index (χ1n) is 6.23. The number of nitrogens with one attached hydrogen (secondary N) is 1. The molecule has 0 aromatic rings. The van der Waals surface area contributed by atoms with Crippen molar-refractivity contribution in [1.82, 2.24) is 10.2 Å². The Balaban J connectivity index is 1.79. The monoisotopic (exact) mass is 210 g/mol. The molecule has 2 rings (SSSR count). The standard InChI is InChI=1S/C12H22N2O/c1-10(15)14-8-4-12(5-9-14)11-2-6-13-7-3-11/h11-13H,2-9H2,1H3. The van der Waals surface area contributed by atoms with Crippen molar-refractivity contribution in [3.8, 4) is 0 Å². The van der Waals surface area contributed by atoms with E-state index < -0.39 is 0 Å². The van der Waals surface area contributed by atoms with Crippen LogP contribution in [0.25, 0.3) is 0 Å². The molecule has 2 heterocycles. The molecular weight excluding hydrogens is 188 g/mol. The predicted molar refractivity (Wildman–Crippen MR) is 60.6 cm³/mol. The average Bonchev–Trinajstić information content (AvgIpc) is 2.30. The second-order valence-electron chi connectivity index (χ2n) is 4.93. The van der Waals surface area contributed by atoms with E-state index in [0.717, 1.165) is 24.9 Å². The Kier molecular flexibility index (Phi) is 3.62. The lowest BCUT2D eigenvalue weighted by Crippen LogP contribution is -2.41. The van der Waals surface area contributed by atoms with Crippen molar-refractivity contribution in [1.29, 1.82) is 0 Å². The first-order valence-corrected chi connectivity index (χ1v) is 6.23. The molecule has 1 N–H and O–H groups in total. The topological polar surface area (TPSA) is 32.3 Å². The molecule has 86 valence electrons. The normalized spacial score (nSPS) is 25.5.